The molecule has 0 unspecified atom stereocenters. The van der Waals surface area contributed by atoms with Crippen LogP contribution in [0.2, 0.25) is 0 Å². The first-order valence-corrected chi connectivity index (χ1v) is 7.49. The lowest BCUT2D eigenvalue weighted by Crippen LogP contribution is -2.46. The first-order valence-electron chi connectivity index (χ1n) is 7.49. The number of carboxylic acid groups (broad SMARTS) is 1. The molecule has 0 aromatic heterocycles. The standard InChI is InChI=1S/C16H22N2O5/c1-2-3-9-13(16(21)22)18-14(19)10-17-15(20)11-23-12-7-5-4-6-8-12/h4-8,13H,2-3,9-11H2,1H3,(H,17,20)(H,18,19)(H,21,22)/t13-/m0/s1. The van der Waals surface area contributed by atoms with Gasteiger partial charge < -0.3 is 20.5 Å². The van der Waals surface area contributed by atoms with E-state index in [2.05, 4.69) is 10.6 Å². The average molecular weight is 322 g/mol. The number of nitrogens with one attached hydrogen (secondary N) is 2. The summed E-state index contributed by atoms with van der Waals surface area (Å²) in [6.07, 6.45) is 1.91. The zero-order valence-electron chi connectivity index (χ0n) is 13.1. The molecular formula is C16H22N2O5. The van der Waals surface area contributed by atoms with Crippen LogP contribution in [-0.4, -0.2) is 42.1 Å². The summed E-state index contributed by atoms with van der Waals surface area (Å²) in [6.45, 7) is 1.44. The van der Waals surface area contributed by atoms with Crippen molar-refractivity contribution in [3.8, 4) is 5.75 Å². The quantitative estimate of drug-likeness (QED) is 0.595. The summed E-state index contributed by atoms with van der Waals surface area (Å²) < 4.78 is 5.23. The Bertz CT molecular complexity index is 518. The molecule has 0 saturated heterocycles. The SMILES string of the molecule is CCCC[C@H](NC(=O)CNC(=O)COc1ccccc1)C(=O)O. The number of aliphatic carboxylic acids is 1. The lowest BCUT2D eigenvalue weighted by atomic mass is 10.1. The Hall–Kier alpha value is -2.57. The predicted octanol–water partition coefficient (Wildman–Crippen LogP) is 0.941. The van der Waals surface area contributed by atoms with Gasteiger partial charge in [-0.2, -0.15) is 0 Å². The number of hydrogen-bond donors (Lipinski definition) is 3. The minimum Gasteiger partial charge on any atom is -0.484 e. The number of carbonyl (C=O) groups excluding carboxylic acids is 2. The van der Waals surface area contributed by atoms with Crippen molar-refractivity contribution in [3.05, 3.63) is 30.3 Å². The van der Waals surface area contributed by atoms with Gasteiger partial charge in [0.15, 0.2) is 6.61 Å². The fourth-order valence-corrected chi connectivity index (χ4v) is 1.81. The molecule has 0 aliphatic carbocycles. The third kappa shape index (κ3) is 7.85. The van der Waals surface area contributed by atoms with Crippen LogP contribution < -0.4 is 15.4 Å². The van der Waals surface area contributed by atoms with Crippen LogP contribution in [-0.2, 0) is 14.4 Å². The normalized spacial score (nSPS) is 11.3. The molecule has 3 N–H and O–H groups in total. The highest BCUT2D eigenvalue weighted by molar-refractivity contribution is 5.88. The van der Waals surface area contributed by atoms with E-state index in [0.29, 0.717) is 18.6 Å². The number of carbonyl (C=O) groups is 3. The van der Waals surface area contributed by atoms with Crippen LogP contribution in [0.5, 0.6) is 5.75 Å². The molecule has 1 aromatic rings. The van der Waals surface area contributed by atoms with Crippen molar-refractivity contribution in [2.45, 2.75) is 32.2 Å². The van der Waals surface area contributed by atoms with Crippen LogP contribution in [0.1, 0.15) is 26.2 Å². The van der Waals surface area contributed by atoms with E-state index >= 15 is 0 Å². The third-order valence-electron chi connectivity index (χ3n) is 3.04. The molecule has 2 amide bonds. The van der Waals surface area contributed by atoms with E-state index in [1.807, 2.05) is 13.0 Å². The highest BCUT2D eigenvalue weighted by Crippen LogP contribution is 2.07. The minimum absolute atomic E-state index is 0.213. The van der Waals surface area contributed by atoms with Crippen molar-refractivity contribution in [2.24, 2.45) is 0 Å². The molecule has 1 aromatic carbocycles. The van der Waals surface area contributed by atoms with Gasteiger partial charge in [0.05, 0.1) is 6.54 Å². The maximum atomic E-state index is 11.7. The summed E-state index contributed by atoms with van der Waals surface area (Å²) >= 11 is 0. The lowest BCUT2D eigenvalue weighted by Gasteiger charge is -2.14. The molecule has 0 radical (unpaired) electrons. The summed E-state index contributed by atoms with van der Waals surface area (Å²) in [4.78, 5) is 34.3. The Morgan fingerprint density at radius 3 is 2.48 bits per heavy atom. The maximum absolute atomic E-state index is 11.7. The van der Waals surface area contributed by atoms with E-state index < -0.39 is 23.8 Å². The number of rotatable bonds is 10. The number of para-hydroxylation sites is 1. The number of amides is 2. The van der Waals surface area contributed by atoms with Crippen molar-refractivity contribution in [1.82, 2.24) is 10.6 Å². The molecule has 0 saturated carbocycles. The highest BCUT2D eigenvalue weighted by atomic mass is 16.5. The van der Waals surface area contributed by atoms with Gasteiger partial charge in [0.25, 0.3) is 5.91 Å². The summed E-state index contributed by atoms with van der Waals surface area (Å²) in [6, 6.07) is 7.89. The van der Waals surface area contributed by atoms with Gasteiger partial charge in [-0.15, -0.1) is 0 Å². The molecular weight excluding hydrogens is 300 g/mol. The van der Waals surface area contributed by atoms with E-state index in [0.717, 1.165) is 6.42 Å². The average Bonchev–Trinajstić information content (AvgIpc) is 2.55. The molecule has 0 aliphatic rings. The molecule has 23 heavy (non-hydrogen) atoms. The Morgan fingerprint density at radius 1 is 1.17 bits per heavy atom. The molecule has 126 valence electrons. The number of ether oxygens (including phenoxy) is 1. The maximum Gasteiger partial charge on any atom is 0.326 e. The van der Waals surface area contributed by atoms with Gasteiger partial charge in [-0.25, -0.2) is 4.79 Å². The summed E-state index contributed by atoms with van der Waals surface area (Å²) in [5.41, 5.74) is 0. The Kier molecular flexibility index (Phi) is 8.20. The molecule has 0 bridgehead atoms. The van der Waals surface area contributed by atoms with Crippen molar-refractivity contribution < 1.29 is 24.2 Å². The minimum atomic E-state index is -1.08. The fraction of sp³-hybridized carbons (Fsp3) is 0.438. The van der Waals surface area contributed by atoms with Crippen LogP contribution in [0.3, 0.4) is 0 Å². The fourth-order valence-electron chi connectivity index (χ4n) is 1.81. The van der Waals surface area contributed by atoms with Gasteiger partial charge >= 0.3 is 5.97 Å². The molecule has 7 nitrogen and oxygen atoms in total. The molecule has 7 heteroatoms. The van der Waals surface area contributed by atoms with Crippen LogP contribution in [0.15, 0.2) is 30.3 Å². The first-order chi connectivity index (χ1) is 11.0. The van der Waals surface area contributed by atoms with Crippen molar-refractivity contribution in [1.29, 1.82) is 0 Å². The van der Waals surface area contributed by atoms with Gasteiger partial charge in [-0.1, -0.05) is 38.0 Å². The van der Waals surface area contributed by atoms with Crippen LogP contribution in [0.25, 0.3) is 0 Å². The second-order valence-electron chi connectivity index (χ2n) is 4.98. The summed E-state index contributed by atoms with van der Waals surface area (Å²) in [7, 11) is 0. The van der Waals surface area contributed by atoms with Crippen LogP contribution in [0, 0.1) is 0 Å². The molecule has 0 fully saturated rings. The van der Waals surface area contributed by atoms with Gasteiger partial charge in [0.1, 0.15) is 11.8 Å². The van der Waals surface area contributed by atoms with Crippen molar-refractivity contribution in [2.75, 3.05) is 13.2 Å². The smallest absolute Gasteiger partial charge is 0.326 e. The predicted molar refractivity (Wildman–Crippen MR) is 84.0 cm³/mol. The molecule has 1 atom stereocenters. The van der Waals surface area contributed by atoms with Crippen LogP contribution in [0.4, 0.5) is 0 Å². The van der Waals surface area contributed by atoms with Gasteiger partial charge in [-0.3, -0.25) is 9.59 Å². The Balaban J connectivity index is 2.28. The van der Waals surface area contributed by atoms with Gasteiger partial charge in [-0.05, 0) is 18.6 Å². The highest BCUT2D eigenvalue weighted by Gasteiger charge is 2.19. The molecule has 0 aliphatic heterocycles. The van der Waals surface area contributed by atoms with Crippen LogP contribution >= 0.6 is 0 Å². The van der Waals surface area contributed by atoms with Gasteiger partial charge in [0.2, 0.25) is 5.91 Å². The lowest BCUT2D eigenvalue weighted by molar-refractivity contribution is -0.142. The summed E-state index contributed by atoms with van der Waals surface area (Å²) in [5.74, 6) is -1.52. The van der Waals surface area contributed by atoms with Gasteiger partial charge in [0, 0.05) is 0 Å². The van der Waals surface area contributed by atoms with Crippen molar-refractivity contribution in [3.63, 3.8) is 0 Å². The third-order valence-corrected chi connectivity index (χ3v) is 3.04. The zero-order valence-corrected chi connectivity index (χ0v) is 13.1. The van der Waals surface area contributed by atoms with E-state index in [9.17, 15) is 14.4 Å². The van der Waals surface area contributed by atoms with E-state index in [1.54, 1.807) is 24.3 Å². The summed E-state index contributed by atoms with van der Waals surface area (Å²) in [5, 5.41) is 13.8. The monoisotopic (exact) mass is 322 g/mol. The number of carboxylic acids is 1. The Morgan fingerprint density at radius 2 is 1.87 bits per heavy atom. The largest absolute Gasteiger partial charge is 0.484 e. The topological polar surface area (TPSA) is 105 Å². The number of unbranched alkanes of at least 4 members (excludes halogenated alkanes) is 1. The second kappa shape index (κ2) is 10.2. The zero-order chi connectivity index (χ0) is 17.1. The van der Waals surface area contributed by atoms with Crippen molar-refractivity contribution >= 4 is 17.8 Å². The van der Waals surface area contributed by atoms with E-state index in [1.165, 1.54) is 0 Å². The molecule has 1 rings (SSSR count). The van der Waals surface area contributed by atoms with E-state index in [4.69, 9.17) is 9.84 Å². The van der Waals surface area contributed by atoms with E-state index in [-0.39, 0.29) is 13.2 Å². The number of benzene rings is 1. The Labute approximate surface area is 135 Å². The molecule has 0 heterocycles. The number of hydrogen-bond acceptors (Lipinski definition) is 4. The first kappa shape index (κ1) is 18.5. The second-order valence-corrected chi connectivity index (χ2v) is 4.98. The molecule has 0 spiro atoms.